The van der Waals surface area contributed by atoms with Gasteiger partial charge in [-0.15, -0.1) is 0 Å². The smallest absolute Gasteiger partial charge is 0.0933 e. The second kappa shape index (κ2) is 3.37. The van der Waals surface area contributed by atoms with Gasteiger partial charge in [-0.1, -0.05) is 0 Å². The normalized spacial score (nSPS) is 10.6. The molecule has 0 aliphatic heterocycles. The first-order valence-corrected chi connectivity index (χ1v) is 3.10. The Bertz CT molecular complexity index is 295. The molecule has 2 N–H and O–H groups in total. The van der Waals surface area contributed by atoms with Crippen LogP contribution in [0.4, 0.5) is 0 Å². The van der Waals surface area contributed by atoms with Crippen LogP contribution < -0.4 is 5.73 Å². The molecule has 0 atom stereocenters. The number of allylic oxidation sites excluding steroid dienone is 1. The highest BCUT2D eigenvalue weighted by Crippen LogP contribution is 2.04. The Morgan fingerprint density at radius 2 is 2.18 bits per heavy atom. The Labute approximate surface area is 64.8 Å². The molecule has 0 amide bonds. The molecule has 54 valence electrons. The number of rotatable bonds is 1. The van der Waals surface area contributed by atoms with E-state index in [0.717, 1.165) is 5.56 Å². The van der Waals surface area contributed by atoms with Crippen molar-refractivity contribution in [3.8, 4) is 6.07 Å². The molecule has 0 aromatic carbocycles. The van der Waals surface area contributed by atoms with Crippen LogP contribution in [0.3, 0.4) is 0 Å². The standard InChI is InChI=1S/C8H7N3/c9-4-1-8(10)7-2-5-11-6-3-7/h1-3,5-6H,10H2. The van der Waals surface area contributed by atoms with Gasteiger partial charge in [-0.25, -0.2) is 0 Å². The molecule has 1 heterocycles. The third kappa shape index (κ3) is 1.80. The summed E-state index contributed by atoms with van der Waals surface area (Å²) in [5.74, 6) is 0. The molecular weight excluding hydrogens is 138 g/mol. The van der Waals surface area contributed by atoms with Crippen LogP contribution in [0, 0.1) is 11.3 Å². The van der Waals surface area contributed by atoms with Gasteiger partial charge >= 0.3 is 0 Å². The third-order valence-corrected chi connectivity index (χ3v) is 1.23. The molecule has 0 aliphatic carbocycles. The van der Waals surface area contributed by atoms with Crippen molar-refractivity contribution in [3.63, 3.8) is 0 Å². The lowest BCUT2D eigenvalue weighted by atomic mass is 10.2. The zero-order chi connectivity index (χ0) is 8.10. The van der Waals surface area contributed by atoms with Crippen molar-refractivity contribution in [1.29, 1.82) is 5.26 Å². The number of hydrogen-bond acceptors (Lipinski definition) is 3. The minimum Gasteiger partial charge on any atom is -0.398 e. The maximum Gasteiger partial charge on any atom is 0.0933 e. The van der Waals surface area contributed by atoms with E-state index in [1.807, 2.05) is 6.07 Å². The molecule has 0 fully saturated rings. The van der Waals surface area contributed by atoms with E-state index in [2.05, 4.69) is 4.98 Å². The van der Waals surface area contributed by atoms with Gasteiger partial charge in [-0.3, -0.25) is 4.98 Å². The predicted octanol–water partition coefficient (Wildman–Crippen LogP) is 0.905. The van der Waals surface area contributed by atoms with E-state index in [-0.39, 0.29) is 0 Å². The molecule has 11 heavy (non-hydrogen) atoms. The van der Waals surface area contributed by atoms with Crippen molar-refractivity contribution < 1.29 is 0 Å². The van der Waals surface area contributed by atoms with E-state index >= 15 is 0 Å². The van der Waals surface area contributed by atoms with Crippen molar-refractivity contribution in [1.82, 2.24) is 4.98 Å². The van der Waals surface area contributed by atoms with Crippen LogP contribution >= 0.6 is 0 Å². The Hall–Kier alpha value is -1.82. The molecule has 0 aliphatic rings. The summed E-state index contributed by atoms with van der Waals surface area (Å²) < 4.78 is 0. The summed E-state index contributed by atoms with van der Waals surface area (Å²) in [6.07, 6.45) is 4.57. The van der Waals surface area contributed by atoms with Gasteiger partial charge in [0, 0.05) is 29.7 Å². The minimum atomic E-state index is 0.468. The van der Waals surface area contributed by atoms with E-state index in [1.165, 1.54) is 6.08 Å². The SMILES string of the molecule is N#CC=C(N)c1ccncc1. The highest BCUT2D eigenvalue weighted by atomic mass is 14.6. The highest BCUT2D eigenvalue weighted by molar-refractivity contribution is 5.63. The molecule has 0 unspecified atom stereocenters. The lowest BCUT2D eigenvalue weighted by Crippen LogP contribution is -1.94. The average Bonchev–Trinajstić information content (AvgIpc) is 2.07. The lowest BCUT2D eigenvalue weighted by Gasteiger charge is -1.95. The Kier molecular flexibility index (Phi) is 2.24. The first-order chi connectivity index (χ1) is 5.34. The van der Waals surface area contributed by atoms with Crippen molar-refractivity contribution in [2.24, 2.45) is 5.73 Å². The molecule has 1 aromatic heterocycles. The number of nitrogens with zero attached hydrogens (tertiary/aromatic N) is 2. The summed E-state index contributed by atoms with van der Waals surface area (Å²) in [7, 11) is 0. The largest absolute Gasteiger partial charge is 0.398 e. The zero-order valence-electron chi connectivity index (χ0n) is 5.86. The topological polar surface area (TPSA) is 62.7 Å². The van der Waals surface area contributed by atoms with E-state index in [1.54, 1.807) is 24.5 Å². The van der Waals surface area contributed by atoms with Gasteiger partial charge < -0.3 is 5.73 Å². The molecule has 3 heteroatoms. The predicted molar refractivity (Wildman–Crippen MR) is 42.0 cm³/mol. The fourth-order valence-corrected chi connectivity index (χ4v) is 0.697. The van der Waals surface area contributed by atoms with E-state index in [0.29, 0.717) is 5.70 Å². The molecule has 0 saturated carbocycles. The average molecular weight is 145 g/mol. The summed E-state index contributed by atoms with van der Waals surface area (Å²) >= 11 is 0. The quantitative estimate of drug-likeness (QED) is 0.597. The van der Waals surface area contributed by atoms with Crippen molar-refractivity contribution >= 4 is 5.70 Å². The first-order valence-electron chi connectivity index (χ1n) is 3.10. The van der Waals surface area contributed by atoms with Gasteiger partial charge in [-0.2, -0.15) is 5.26 Å². The van der Waals surface area contributed by atoms with Crippen LogP contribution in [0.2, 0.25) is 0 Å². The second-order valence-electron chi connectivity index (χ2n) is 1.96. The van der Waals surface area contributed by atoms with Crippen LogP contribution in [0.1, 0.15) is 5.56 Å². The van der Waals surface area contributed by atoms with Gasteiger partial charge in [0.15, 0.2) is 0 Å². The van der Waals surface area contributed by atoms with Gasteiger partial charge in [0.1, 0.15) is 0 Å². The number of nitrogens with two attached hydrogens (primary N) is 1. The Morgan fingerprint density at radius 1 is 1.55 bits per heavy atom. The molecule has 3 nitrogen and oxygen atoms in total. The third-order valence-electron chi connectivity index (χ3n) is 1.23. The minimum absolute atomic E-state index is 0.468. The molecular formula is C8H7N3. The summed E-state index contributed by atoms with van der Waals surface area (Å²) in [4.78, 5) is 3.82. The number of pyridine rings is 1. The lowest BCUT2D eigenvalue weighted by molar-refractivity contribution is 1.31. The number of nitriles is 1. The monoisotopic (exact) mass is 145 g/mol. The van der Waals surface area contributed by atoms with Crippen LogP contribution in [-0.4, -0.2) is 4.98 Å². The van der Waals surface area contributed by atoms with E-state index < -0.39 is 0 Å². The maximum absolute atomic E-state index is 8.28. The molecule has 0 saturated heterocycles. The Morgan fingerprint density at radius 3 is 2.73 bits per heavy atom. The summed E-state index contributed by atoms with van der Waals surface area (Å²) in [6.45, 7) is 0. The van der Waals surface area contributed by atoms with Crippen LogP contribution in [-0.2, 0) is 0 Å². The van der Waals surface area contributed by atoms with Gasteiger partial charge in [0.25, 0.3) is 0 Å². The maximum atomic E-state index is 8.28. The summed E-state index contributed by atoms with van der Waals surface area (Å²) in [6, 6.07) is 5.36. The number of hydrogen-bond donors (Lipinski definition) is 1. The van der Waals surface area contributed by atoms with Gasteiger partial charge in [0.2, 0.25) is 0 Å². The fraction of sp³-hybridized carbons (Fsp3) is 0. The van der Waals surface area contributed by atoms with Gasteiger partial charge in [-0.05, 0) is 12.1 Å². The fourth-order valence-electron chi connectivity index (χ4n) is 0.697. The molecule has 1 aromatic rings. The second-order valence-corrected chi connectivity index (χ2v) is 1.96. The molecule has 1 rings (SSSR count). The Balaban J connectivity index is 2.96. The van der Waals surface area contributed by atoms with Crippen LogP contribution in [0.15, 0.2) is 30.6 Å². The van der Waals surface area contributed by atoms with Gasteiger partial charge in [0.05, 0.1) is 6.07 Å². The molecule has 0 spiro atoms. The molecule has 0 radical (unpaired) electrons. The first kappa shape index (κ1) is 7.29. The van der Waals surface area contributed by atoms with Crippen molar-refractivity contribution in [3.05, 3.63) is 36.2 Å². The van der Waals surface area contributed by atoms with E-state index in [4.69, 9.17) is 11.0 Å². The number of aromatic nitrogens is 1. The van der Waals surface area contributed by atoms with Crippen LogP contribution in [0.5, 0.6) is 0 Å². The zero-order valence-corrected chi connectivity index (χ0v) is 5.86. The molecule has 0 bridgehead atoms. The highest BCUT2D eigenvalue weighted by Gasteiger charge is 1.92. The summed E-state index contributed by atoms with van der Waals surface area (Å²) in [5, 5.41) is 8.28. The van der Waals surface area contributed by atoms with E-state index in [9.17, 15) is 0 Å². The summed E-state index contributed by atoms with van der Waals surface area (Å²) in [5.41, 5.74) is 6.80. The van der Waals surface area contributed by atoms with Crippen molar-refractivity contribution in [2.45, 2.75) is 0 Å². The van der Waals surface area contributed by atoms with Crippen molar-refractivity contribution in [2.75, 3.05) is 0 Å². The van der Waals surface area contributed by atoms with Crippen LogP contribution in [0.25, 0.3) is 5.70 Å².